The van der Waals surface area contributed by atoms with Gasteiger partial charge in [-0.1, -0.05) is 0 Å². The third kappa shape index (κ3) is 1.62. The zero-order chi connectivity index (χ0) is 12.9. The van der Waals surface area contributed by atoms with Gasteiger partial charge < -0.3 is 4.57 Å². The quantitative estimate of drug-likeness (QED) is 0.659. The number of rotatable bonds is 0. The van der Waals surface area contributed by atoms with Gasteiger partial charge >= 0.3 is 6.18 Å². The lowest BCUT2D eigenvalue weighted by molar-refractivity contribution is -0.137. The maximum absolute atomic E-state index is 12.7. The lowest BCUT2D eigenvalue weighted by atomic mass is 10.1. The van der Waals surface area contributed by atoms with Crippen molar-refractivity contribution in [3.05, 3.63) is 35.0 Å². The van der Waals surface area contributed by atoms with Crippen molar-refractivity contribution < 1.29 is 13.2 Å². The Hall–Kier alpha value is -1.45. The summed E-state index contributed by atoms with van der Waals surface area (Å²) in [5, 5.41) is 0.752. The molecule has 0 amide bonds. The molecular formula is C14H14F3N. The van der Waals surface area contributed by atoms with Gasteiger partial charge in [0, 0.05) is 23.1 Å². The van der Waals surface area contributed by atoms with Gasteiger partial charge in [-0.05, 0) is 49.9 Å². The van der Waals surface area contributed by atoms with Gasteiger partial charge in [0.05, 0.1) is 5.56 Å². The SMILES string of the molecule is Cc1c2n(c3ccc(C(F)(F)F)cc13)CCCC2. The molecule has 4 heteroatoms. The molecule has 0 radical (unpaired) electrons. The minimum absolute atomic E-state index is 0.555. The maximum atomic E-state index is 12.7. The lowest BCUT2D eigenvalue weighted by Crippen LogP contribution is -2.10. The van der Waals surface area contributed by atoms with Gasteiger partial charge in [0.1, 0.15) is 0 Å². The predicted octanol–water partition coefficient (Wildman–Crippen LogP) is 4.30. The summed E-state index contributed by atoms with van der Waals surface area (Å²) in [5.74, 6) is 0. The van der Waals surface area contributed by atoms with Gasteiger partial charge in [-0.15, -0.1) is 0 Å². The summed E-state index contributed by atoms with van der Waals surface area (Å²) in [6.07, 6.45) is -1.05. The number of hydrogen-bond acceptors (Lipinski definition) is 0. The summed E-state index contributed by atoms with van der Waals surface area (Å²) in [6.45, 7) is 2.85. The van der Waals surface area contributed by atoms with Crippen LogP contribution in [-0.4, -0.2) is 4.57 Å². The lowest BCUT2D eigenvalue weighted by Gasteiger charge is -2.16. The predicted molar refractivity (Wildman–Crippen MR) is 64.6 cm³/mol. The van der Waals surface area contributed by atoms with Crippen LogP contribution in [0.3, 0.4) is 0 Å². The Balaban J connectivity index is 2.26. The molecule has 1 aromatic carbocycles. The molecule has 1 aromatic heterocycles. The summed E-state index contributed by atoms with van der Waals surface area (Å²) in [5.41, 5.74) is 2.60. The van der Waals surface area contributed by atoms with Crippen molar-refractivity contribution >= 4 is 10.9 Å². The average Bonchev–Trinajstić information content (AvgIpc) is 2.63. The molecule has 1 nitrogen and oxygen atoms in total. The van der Waals surface area contributed by atoms with Crippen LogP contribution in [0.4, 0.5) is 13.2 Å². The van der Waals surface area contributed by atoms with Crippen LogP contribution in [0, 0.1) is 6.92 Å². The molecule has 1 aliphatic rings. The number of aryl methyl sites for hydroxylation is 2. The second kappa shape index (κ2) is 3.77. The highest BCUT2D eigenvalue weighted by Crippen LogP contribution is 2.35. The van der Waals surface area contributed by atoms with E-state index in [1.165, 1.54) is 17.8 Å². The van der Waals surface area contributed by atoms with Crippen LogP contribution in [0.2, 0.25) is 0 Å². The van der Waals surface area contributed by atoms with Crippen molar-refractivity contribution in [3.63, 3.8) is 0 Å². The first-order valence-corrected chi connectivity index (χ1v) is 6.17. The highest BCUT2D eigenvalue weighted by atomic mass is 19.4. The normalized spacial score (nSPS) is 16.0. The summed E-state index contributed by atoms with van der Waals surface area (Å²) in [7, 11) is 0. The van der Waals surface area contributed by atoms with E-state index in [9.17, 15) is 13.2 Å². The van der Waals surface area contributed by atoms with E-state index in [0.29, 0.717) is 0 Å². The fourth-order valence-corrected chi connectivity index (χ4v) is 2.89. The van der Waals surface area contributed by atoms with Gasteiger partial charge in [-0.2, -0.15) is 13.2 Å². The van der Waals surface area contributed by atoms with Gasteiger partial charge in [0.2, 0.25) is 0 Å². The van der Waals surface area contributed by atoms with E-state index in [0.717, 1.165) is 42.3 Å². The van der Waals surface area contributed by atoms with E-state index in [4.69, 9.17) is 0 Å². The van der Waals surface area contributed by atoms with Gasteiger partial charge in [-0.3, -0.25) is 0 Å². The molecule has 2 heterocycles. The Morgan fingerprint density at radius 1 is 1.17 bits per heavy atom. The molecule has 0 saturated heterocycles. The van der Waals surface area contributed by atoms with Crippen LogP contribution in [0.1, 0.15) is 29.7 Å². The number of benzene rings is 1. The molecule has 2 aromatic rings. The molecule has 0 saturated carbocycles. The Labute approximate surface area is 103 Å². The van der Waals surface area contributed by atoms with Crippen molar-refractivity contribution in [3.8, 4) is 0 Å². The fourth-order valence-electron chi connectivity index (χ4n) is 2.89. The Morgan fingerprint density at radius 2 is 1.94 bits per heavy atom. The van der Waals surface area contributed by atoms with Gasteiger partial charge in [0.15, 0.2) is 0 Å². The first kappa shape index (κ1) is 11.6. The highest BCUT2D eigenvalue weighted by molar-refractivity contribution is 5.86. The zero-order valence-corrected chi connectivity index (χ0v) is 10.1. The smallest absolute Gasteiger partial charge is 0.344 e. The molecule has 18 heavy (non-hydrogen) atoms. The summed E-state index contributed by atoms with van der Waals surface area (Å²) < 4.78 is 40.3. The minimum atomic E-state index is -4.26. The topological polar surface area (TPSA) is 4.93 Å². The molecule has 0 unspecified atom stereocenters. The molecule has 0 aliphatic carbocycles. The van der Waals surface area contributed by atoms with Gasteiger partial charge in [-0.25, -0.2) is 0 Å². The van der Waals surface area contributed by atoms with Crippen molar-refractivity contribution in [2.24, 2.45) is 0 Å². The largest absolute Gasteiger partial charge is 0.416 e. The Bertz CT molecular complexity index is 608. The minimum Gasteiger partial charge on any atom is -0.344 e. The molecule has 0 fully saturated rings. The Morgan fingerprint density at radius 3 is 2.67 bits per heavy atom. The standard InChI is InChI=1S/C14H14F3N/c1-9-11-8-10(14(15,16)17)5-6-13(11)18-7-3-2-4-12(9)18/h5-6,8H,2-4,7H2,1H3. The van der Waals surface area contributed by atoms with E-state index in [1.54, 1.807) is 6.07 Å². The third-order valence-corrected chi connectivity index (χ3v) is 3.82. The van der Waals surface area contributed by atoms with Crippen LogP contribution < -0.4 is 0 Å². The maximum Gasteiger partial charge on any atom is 0.416 e. The van der Waals surface area contributed by atoms with Crippen LogP contribution in [-0.2, 0) is 19.1 Å². The van der Waals surface area contributed by atoms with Crippen molar-refractivity contribution in [2.45, 2.75) is 38.9 Å². The second-order valence-corrected chi connectivity index (χ2v) is 4.91. The van der Waals surface area contributed by atoms with E-state index in [-0.39, 0.29) is 0 Å². The van der Waals surface area contributed by atoms with Crippen molar-refractivity contribution in [1.29, 1.82) is 0 Å². The molecular weight excluding hydrogens is 239 g/mol. The van der Waals surface area contributed by atoms with Crippen LogP contribution in [0.5, 0.6) is 0 Å². The van der Waals surface area contributed by atoms with Crippen LogP contribution in [0.25, 0.3) is 10.9 Å². The summed E-state index contributed by atoms with van der Waals surface area (Å²) in [4.78, 5) is 0. The van der Waals surface area contributed by atoms with E-state index >= 15 is 0 Å². The van der Waals surface area contributed by atoms with E-state index in [2.05, 4.69) is 4.57 Å². The number of nitrogens with zero attached hydrogens (tertiary/aromatic N) is 1. The highest BCUT2D eigenvalue weighted by Gasteiger charge is 2.31. The zero-order valence-electron chi connectivity index (χ0n) is 10.1. The molecule has 0 atom stereocenters. The molecule has 0 bridgehead atoms. The molecule has 96 valence electrons. The van der Waals surface area contributed by atoms with Crippen LogP contribution in [0.15, 0.2) is 18.2 Å². The van der Waals surface area contributed by atoms with Crippen molar-refractivity contribution in [2.75, 3.05) is 0 Å². The number of fused-ring (bicyclic) bond motifs is 3. The van der Waals surface area contributed by atoms with Crippen molar-refractivity contribution in [1.82, 2.24) is 4.57 Å². The fraction of sp³-hybridized carbons (Fsp3) is 0.429. The molecule has 1 aliphatic heterocycles. The number of hydrogen-bond donors (Lipinski definition) is 0. The molecule has 0 spiro atoms. The Kier molecular flexibility index (Phi) is 2.44. The average molecular weight is 253 g/mol. The monoisotopic (exact) mass is 253 g/mol. The summed E-state index contributed by atoms with van der Waals surface area (Å²) in [6, 6.07) is 4.08. The second-order valence-electron chi connectivity index (χ2n) is 4.91. The van der Waals surface area contributed by atoms with Gasteiger partial charge in [0.25, 0.3) is 0 Å². The first-order chi connectivity index (χ1) is 8.48. The molecule has 3 rings (SSSR count). The number of alkyl halides is 3. The molecule has 0 N–H and O–H groups in total. The van der Waals surface area contributed by atoms with Crippen LogP contribution >= 0.6 is 0 Å². The number of halogens is 3. The summed E-state index contributed by atoms with van der Waals surface area (Å²) >= 11 is 0. The van der Waals surface area contributed by atoms with E-state index in [1.807, 2.05) is 6.92 Å². The van der Waals surface area contributed by atoms with E-state index < -0.39 is 11.7 Å². The first-order valence-electron chi connectivity index (χ1n) is 6.17. The number of aromatic nitrogens is 1. The third-order valence-electron chi connectivity index (χ3n) is 3.82.